The van der Waals surface area contributed by atoms with Gasteiger partial charge in [-0.05, 0) is 69.0 Å². The zero-order valence-electron chi connectivity index (χ0n) is 15.2. The second-order valence-corrected chi connectivity index (χ2v) is 6.36. The van der Waals surface area contributed by atoms with Crippen molar-refractivity contribution in [2.45, 2.75) is 12.3 Å². The molecule has 0 radical (unpaired) electrons. The van der Waals surface area contributed by atoms with Crippen LogP contribution in [0.1, 0.15) is 23.6 Å². The molecule has 1 aromatic heterocycles. The van der Waals surface area contributed by atoms with Crippen LogP contribution in [0.3, 0.4) is 0 Å². The summed E-state index contributed by atoms with van der Waals surface area (Å²) in [6.07, 6.45) is 3.67. The molecule has 144 valence electrons. The molecule has 6 nitrogen and oxygen atoms in total. The summed E-state index contributed by atoms with van der Waals surface area (Å²) in [5.74, 6) is -2.77. The van der Waals surface area contributed by atoms with Gasteiger partial charge in [-0.25, -0.2) is 0 Å². The molecule has 1 atom stereocenters. The van der Waals surface area contributed by atoms with E-state index < -0.39 is 11.9 Å². The summed E-state index contributed by atoms with van der Waals surface area (Å²) in [5.41, 5.74) is 2.39. The summed E-state index contributed by atoms with van der Waals surface area (Å²) >= 11 is 5.97. The van der Waals surface area contributed by atoms with E-state index in [1.165, 1.54) is 5.56 Å². The minimum Gasteiger partial charge on any atom is -0.545 e. The number of benzene rings is 1. The molecule has 2 aromatic rings. The number of carbonyl (C=O) groups is 2. The summed E-state index contributed by atoms with van der Waals surface area (Å²) in [5, 5.41) is 19.6. The molecule has 27 heavy (non-hydrogen) atoms. The van der Waals surface area contributed by atoms with Gasteiger partial charge < -0.3 is 24.7 Å². The van der Waals surface area contributed by atoms with E-state index >= 15 is 0 Å². The smallest absolute Gasteiger partial charge is 0.0643 e. The van der Waals surface area contributed by atoms with Crippen molar-refractivity contribution >= 4 is 23.5 Å². The molecular formula is C20H21ClN2O4-2. The van der Waals surface area contributed by atoms with E-state index in [1.807, 2.05) is 30.5 Å². The summed E-state index contributed by atoms with van der Waals surface area (Å²) < 4.78 is 0. The molecule has 0 saturated heterocycles. The molecule has 7 heteroatoms. The molecule has 0 spiro atoms. The van der Waals surface area contributed by atoms with E-state index in [0.29, 0.717) is 18.1 Å². The number of hydrogen-bond donors (Lipinski definition) is 0. The van der Waals surface area contributed by atoms with Gasteiger partial charge >= 0.3 is 0 Å². The third-order valence-corrected chi connectivity index (χ3v) is 3.79. The largest absolute Gasteiger partial charge is 0.545 e. The van der Waals surface area contributed by atoms with Crippen LogP contribution in [0, 0.1) is 0 Å². The zero-order valence-corrected chi connectivity index (χ0v) is 15.9. The number of rotatable bonds is 7. The molecule has 2 rings (SSSR count). The van der Waals surface area contributed by atoms with Crippen molar-refractivity contribution in [2.75, 3.05) is 20.6 Å². The van der Waals surface area contributed by atoms with Crippen molar-refractivity contribution in [3.63, 3.8) is 0 Å². The summed E-state index contributed by atoms with van der Waals surface area (Å²) in [7, 11) is 4.19. The van der Waals surface area contributed by atoms with E-state index in [2.05, 4.69) is 42.2 Å². The van der Waals surface area contributed by atoms with Crippen LogP contribution in [0.4, 0.5) is 0 Å². The second-order valence-electron chi connectivity index (χ2n) is 5.92. The lowest BCUT2D eigenvalue weighted by atomic mass is 9.92. The predicted molar refractivity (Wildman–Crippen MR) is 99.9 cm³/mol. The van der Waals surface area contributed by atoms with Crippen molar-refractivity contribution < 1.29 is 19.8 Å². The van der Waals surface area contributed by atoms with Crippen LogP contribution in [0.5, 0.6) is 0 Å². The summed E-state index contributed by atoms with van der Waals surface area (Å²) in [6, 6.07) is 14.2. The molecule has 0 aliphatic rings. The van der Waals surface area contributed by atoms with E-state index in [4.69, 9.17) is 11.6 Å². The topological polar surface area (TPSA) is 96.4 Å². The lowest BCUT2D eigenvalue weighted by Gasteiger charge is -2.19. The Morgan fingerprint density at radius 1 is 1.07 bits per heavy atom. The van der Waals surface area contributed by atoms with Crippen LogP contribution in [-0.4, -0.2) is 42.5 Å². The number of hydrogen-bond acceptors (Lipinski definition) is 6. The van der Waals surface area contributed by atoms with Crippen molar-refractivity contribution in [3.8, 4) is 0 Å². The first kappa shape index (κ1) is 22.3. The van der Waals surface area contributed by atoms with Crippen molar-refractivity contribution in [1.82, 2.24) is 9.88 Å². The maximum Gasteiger partial charge on any atom is 0.0643 e. The number of halogens is 1. The first-order chi connectivity index (χ1) is 12.8. The van der Waals surface area contributed by atoms with Crippen LogP contribution in [0.15, 0.2) is 60.8 Å². The van der Waals surface area contributed by atoms with Gasteiger partial charge in [-0.15, -0.1) is 0 Å². The van der Waals surface area contributed by atoms with E-state index in [9.17, 15) is 19.8 Å². The number of carboxylic acid groups (broad SMARTS) is 2. The van der Waals surface area contributed by atoms with Gasteiger partial charge in [0.1, 0.15) is 0 Å². The lowest BCUT2D eigenvalue weighted by molar-refractivity contribution is -0.301. The first-order valence-electron chi connectivity index (χ1n) is 8.20. The Morgan fingerprint density at radius 3 is 2.11 bits per heavy atom. The summed E-state index contributed by atoms with van der Waals surface area (Å²) in [4.78, 5) is 25.5. The third kappa shape index (κ3) is 9.53. The van der Waals surface area contributed by atoms with Gasteiger partial charge in [0.15, 0.2) is 0 Å². The Kier molecular flexibility index (Phi) is 9.79. The average molecular weight is 389 g/mol. The maximum absolute atomic E-state index is 9.41. The molecule has 0 unspecified atom stereocenters. The van der Waals surface area contributed by atoms with Crippen molar-refractivity contribution in [1.29, 1.82) is 0 Å². The highest BCUT2D eigenvalue weighted by Gasteiger charge is 2.15. The highest BCUT2D eigenvalue weighted by molar-refractivity contribution is 6.30. The highest BCUT2D eigenvalue weighted by atomic mass is 35.5. The number of pyridine rings is 1. The Morgan fingerprint density at radius 2 is 1.67 bits per heavy atom. The maximum atomic E-state index is 9.41. The predicted octanol–water partition coefficient (Wildman–Crippen LogP) is 0.861. The molecule has 0 aliphatic heterocycles. The molecular weight excluding hydrogens is 368 g/mol. The third-order valence-electron chi connectivity index (χ3n) is 3.54. The lowest BCUT2D eigenvalue weighted by Crippen LogP contribution is -2.23. The molecule has 1 aromatic carbocycles. The Bertz CT molecular complexity index is 730. The fourth-order valence-corrected chi connectivity index (χ4v) is 2.41. The van der Waals surface area contributed by atoms with Gasteiger partial charge in [0.2, 0.25) is 0 Å². The van der Waals surface area contributed by atoms with Crippen LogP contribution < -0.4 is 10.2 Å². The van der Waals surface area contributed by atoms with Crippen LogP contribution in [0.2, 0.25) is 5.02 Å². The van der Waals surface area contributed by atoms with Crippen molar-refractivity contribution in [3.05, 3.63) is 77.1 Å². The number of carboxylic acids is 2. The van der Waals surface area contributed by atoms with Gasteiger partial charge in [-0.1, -0.05) is 29.8 Å². The zero-order chi connectivity index (χ0) is 20.2. The molecule has 0 N–H and O–H groups in total. The normalized spacial score (nSPS) is 11.7. The molecule has 0 amide bonds. The minimum atomic E-state index is -1.55. The van der Waals surface area contributed by atoms with Gasteiger partial charge in [-0.3, -0.25) is 4.98 Å². The molecule has 0 fully saturated rings. The number of carbonyl (C=O) groups excluding carboxylic acids is 2. The molecule has 0 saturated carbocycles. The van der Waals surface area contributed by atoms with E-state index in [0.717, 1.165) is 23.7 Å². The standard InChI is InChI=1S/C16H19ClN2.C4H4O4/c1-19(2)12-10-15(16-5-3-4-11-18-16)13-6-8-14(17)9-7-13;5-3(6)1-2-4(7)8/h3-9,11,15H,10,12H2,1-2H3;1-2H,(H,5,6)(H,7,8)/p-2/b;2-1-/t15-;/m0./s1. The van der Waals surface area contributed by atoms with Gasteiger partial charge in [0.05, 0.1) is 11.9 Å². The molecule has 0 bridgehead atoms. The number of nitrogens with zero attached hydrogens (tertiary/aromatic N) is 2. The van der Waals surface area contributed by atoms with Crippen LogP contribution >= 0.6 is 11.6 Å². The SMILES string of the molecule is CN(C)CC[C@@H](c1ccc(Cl)cc1)c1ccccn1.O=C([O-])/C=C\C(=O)[O-]. The Labute approximate surface area is 163 Å². The fourth-order valence-electron chi connectivity index (χ4n) is 2.29. The average Bonchev–Trinajstić information content (AvgIpc) is 2.63. The van der Waals surface area contributed by atoms with E-state index in [-0.39, 0.29) is 0 Å². The first-order valence-corrected chi connectivity index (χ1v) is 8.58. The van der Waals surface area contributed by atoms with Gasteiger partial charge in [-0.2, -0.15) is 0 Å². The number of aliphatic carboxylic acids is 2. The Balaban J connectivity index is 0.000000387. The fraction of sp³-hybridized carbons (Fsp3) is 0.250. The quantitative estimate of drug-likeness (QED) is 0.653. The van der Waals surface area contributed by atoms with Gasteiger partial charge in [0, 0.05) is 22.8 Å². The van der Waals surface area contributed by atoms with E-state index in [1.54, 1.807) is 0 Å². The van der Waals surface area contributed by atoms with Crippen molar-refractivity contribution in [2.24, 2.45) is 0 Å². The van der Waals surface area contributed by atoms with Gasteiger partial charge in [0.25, 0.3) is 0 Å². The summed E-state index contributed by atoms with van der Waals surface area (Å²) in [6.45, 7) is 1.03. The Hall–Kier alpha value is -2.70. The molecule has 0 aliphatic carbocycles. The van der Waals surface area contributed by atoms with Crippen LogP contribution in [0.25, 0.3) is 0 Å². The second kappa shape index (κ2) is 11.8. The monoisotopic (exact) mass is 388 g/mol. The minimum absolute atomic E-state index is 0.320. The highest BCUT2D eigenvalue weighted by Crippen LogP contribution is 2.27. The molecule has 1 heterocycles. The van der Waals surface area contributed by atoms with Crippen LogP contribution in [-0.2, 0) is 9.59 Å². The number of aromatic nitrogens is 1.